The number of benzene rings is 1. The minimum atomic E-state index is -0.525. The van der Waals surface area contributed by atoms with E-state index in [1.165, 1.54) is 18.8 Å². The number of imidazole rings is 1. The molecule has 0 radical (unpaired) electrons. The van der Waals surface area contributed by atoms with Gasteiger partial charge < -0.3 is 10.2 Å². The summed E-state index contributed by atoms with van der Waals surface area (Å²) in [5.74, 6) is 0.336. The maximum Gasteiger partial charge on any atom is 0.329 e. The third kappa shape index (κ3) is 3.15. The molecule has 10 heteroatoms. The number of nitrogens with one attached hydrogen (secondary N) is 2. The summed E-state index contributed by atoms with van der Waals surface area (Å²) in [6.45, 7) is 0. The Morgan fingerprint density at radius 1 is 1.33 bits per heavy atom. The Morgan fingerprint density at radius 2 is 2.04 bits per heavy atom. The van der Waals surface area contributed by atoms with Crippen molar-refractivity contribution in [3.05, 3.63) is 55.1 Å². The van der Waals surface area contributed by atoms with E-state index < -0.39 is 11.2 Å². The highest BCUT2D eigenvalue weighted by Gasteiger charge is 2.12. The Kier molecular flexibility index (Phi) is 4.58. The number of oxime groups is 1. The van der Waals surface area contributed by atoms with E-state index in [0.717, 1.165) is 14.6 Å². The fraction of sp³-hybridized carbons (Fsp3) is 0.143. The van der Waals surface area contributed by atoms with Crippen LogP contribution in [0.25, 0.3) is 11.2 Å². The number of fused-ring (bicyclic) bond motifs is 1. The molecule has 3 N–H and O–H groups in total. The summed E-state index contributed by atoms with van der Waals surface area (Å²) >= 11 is 4.61. The predicted octanol–water partition coefficient (Wildman–Crippen LogP) is 1.68. The lowest BCUT2D eigenvalue weighted by Gasteiger charge is -2.03. The van der Waals surface area contributed by atoms with Gasteiger partial charge in [-0.25, -0.2) is 9.78 Å². The lowest BCUT2D eigenvalue weighted by Crippen LogP contribution is -2.32. The number of aromatic amines is 2. The van der Waals surface area contributed by atoms with Crippen molar-refractivity contribution in [2.45, 2.75) is 5.16 Å². The number of thioether (sulfide) groups is 1. The third-order valence-corrected chi connectivity index (χ3v) is 4.79. The van der Waals surface area contributed by atoms with Crippen LogP contribution in [0.1, 0.15) is 5.56 Å². The predicted molar refractivity (Wildman–Crippen MR) is 95.1 cm³/mol. The molecule has 3 rings (SSSR count). The van der Waals surface area contributed by atoms with E-state index in [-0.39, 0.29) is 11.2 Å². The molecule has 0 saturated carbocycles. The molecule has 0 bridgehead atoms. The number of nitrogens with zero attached hydrogens (tertiary/aromatic N) is 3. The summed E-state index contributed by atoms with van der Waals surface area (Å²) in [6.07, 6.45) is 0. The van der Waals surface area contributed by atoms with E-state index in [1.807, 2.05) is 24.3 Å². The first-order chi connectivity index (χ1) is 11.5. The first-order valence-electron chi connectivity index (χ1n) is 6.78. The van der Waals surface area contributed by atoms with E-state index in [1.54, 1.807) is 0 Å². The second-order valence-corrected chi connectivity index (χ2v) is 6.78. The molecule has 124 valence electrons. The Labute approximate surface area is 147 Å². The van der Waals surface area contributed by atoms with Gasteiger partial charge >= 0.3 is 5.69 Å². The van der Waals surface area contributed by atoms with Gasteiger partial charge in [0.1, 0.15) is 0 Å². The third-order valence-electron chi connectivity index (χ3n) is 3.37. The van der Waals surface area contributed by atoms with Crippen LogP contribution in [0.2, 0.25) is 0 Å². The SMILES string of the molecule is Cn1c(=O)[nH]c2nc(SC/C(=N/O)c3ccc(Br)cc3)[nH]c2c1=O. The molecule has 0 spiro atoms. The van der Waals surface area contributed by atoms with Crippen LogP contribution >= 0.6 is 27.7 Å². The van der Waals surface area contributed by atoms with Gasteiger partial charge in [0, 0.05) is 22.8 Å². The molecular weight excluding hydrogens is 398 g/mol. The summed E-state index contributed by atoms with van der Waals surface area (Å²) in [6, 6.07) is 7.35. The summed E-state index contributed by atoms with van der Waals surface area (Å²) in [5, 5.41) is 13.0. The zero-order valence-electron chi connectivity index (χ0n) is 12.4. The van der Waals surface area contributed by atoms with Gasteiger partial charge in [0.25, 0.3) is 5.56 Å². The number of rotatable bonds is 4. The van der Waals surface area contributed by atoms with E-state index >= 15 is 0 Å². The molecule has 3 aromatic rings. The maximum atomic E-state index is 12.0. The fourth-order valence-electron chi connectivity index (χ4n) is 2.06. The zero-order chi connectivity index (χ0) is 17.3. The molecule has 0 unspecified atom stereocenters. The molecule has 0 saturated heterocycles. The number of H-pyrrole nitrogens is 2. The van der Waals surface area contributed by atoms with Crippen molar-refractivity contribution in [3.8, 4) is 0 Å². The number of hydrogen-bond acceptors (Lipinski definition) is 6. The summed E-state index contributed by atoms with van der Waals surface area (Å²) < 4.78 is 1.89. The molecule has 0 amide bonds. The molecule has 0 aliphatic heterocycles. The molecule has 2 heterocycles. The average Bonchev–Trinajstić information content (AvgIpc) is 2.98. The molecule has 0 fully saturated rings. The van der Waals surface area contributed by atoms with Crippen molar-refractivity contribution in [2.75, 3.05) is 5.75 Å². The normalized spacial score (nSPS) is 12.0. The Balaban J connectivity index is 1.85. The summed E-state index contributed by atoms with van der Waals surface area (Å²) in [5.41, 5.74) is 0.700. The van der Waals surface area contributed by atoms with Crippen LogP contribution < -0.4 is 11.2 Å². The fourth-order valence-corrected chi connectivity index (χ4v) is 3.15. The van der Waals surface area contributed by atoms with Gasteiger partial charge in [-0.1, -0.05) is 45.0 Å². The molecule has 0 aliphatic rings. The van der Waals surface area contributed by atoms with Gasteiger partial charge in [-0.2, -0.15) is 0 Å². The van der Waals surface area contributed by atoms with Gasteiger partial charge in [-0.05, 0) is 12.1 Å². The largest absolute Gasteiger partial charge is 0.411 e. The summed E-state index contributed by atoms with van der Waals surface area (Å²) in [7, 11) is 1.39. The van der Waals surface area contributed by atoms with Gasteiger partial charge in [-0.15, -0.1) is 0 Å². The topological polar surface area (TPSA) is 116 Å². The van der Waals surface area contributed by atoms with E-state index in [9.17, 15) is 14.8 Å². The Hall–Kier alpha value is -2.33. The van der Waals surface area contributed by atoms with Crippen LogP contribution in [0.3, 0.4) is 0 Å². The van der Waals surface area contributed by atoms with Crippen molar-refractivity contribution in [2.24, 2.45) is 12.2 Å². The lowest BCUT2D eigenvalue weighted by atomic mass is 10.1. The standard InChI is InChI=1S/C14H12BrN5O3S/c1-20-12(21)10-11(18-14(20)22)17-13(16-10)24-6-9(19-23)7-2-4-8(15)5-3-7/h2-5,23H,6H2,1H3,(H,16,17)(H,18,22)/b19-9-. The first kappa shape index (κ1) is 16.5. The van der Waals surface area contributed by atoms with Gasteiger partial charge in [0.15, 0.2) is 16.3 Å². The Morgan fingerprint density at radius 3 is 2.71 bits per heavy atom. The van der Waals surface area contributed by atoms with Crippen LogP contribution in [-0.2, 0) is 7.05 Å². The average molecular weight is 410 g/mol. The molecular formula is C14H12BrN5O3S. The van der Waals surface area contributed by atoms with Crippen LogP contribution in [0.5, 0.6) is 0 Å². The van der Waals surface area contributed by atoms with Crippen LogP contribution in [0.15, 0.2) is 48.6 Å². The Bertz CT molecular complexity index is 1040. The highest BCUT2D eigenvalue weighted by Crippen LogP contribution is 2.19. The van der Waals surface area contributed by atoms with Crippen molar-refractivity contribution >= 4 is 44.6 Å². The number of aromatic nitrogens is 4. The van der Waals surface area contributed by atoms with Gasteiger partial charge in [0.2, 0.25) is 0 Å². The molecule has 24 heavy (non-hydrogen) atoms. The number of hydrogen-bond donors (Lipinski definition) is 3. The highest BCUT2D eigenvalue weighted by molar-refractivity contribution is 9.10. The molecule has 0 aliphatic carbocycles. The van der Waals surface area contributed by atoms with E-state index in [2.05, 4.69) is 36.0 Å². The summed E-state index contributed by atoms with van der Waals surface area (Å²) in [4.78, 5) is 33.2. The van der Waals surface area contributed by atoms with Crippen LogP contribution in [-0.4, -0.2) is 36.2 Å². The van der Waals surface area contributed by atoms with Gasteiger partial charge in [0.05, 0.1) is 5.71 Å². The van der Waals surface area contributed by atoms with E-state index in [0.29, 0.717) is 16.6 Å². The minimum Gasteiger partial charge on any atom is -0.411 e. The molecule has 8 nitrogen and oxygen atoms in total. The second-order valence-electron chi connectivity index (χ2n) is 4.90. The maximum absolute atomic E-state index is 12.0. The van der Waals surface area contributed by atoms with Crippen LogP contribution in [0, 0.1) is 0 Å². The number of halogens is 1. The van der Waals surface area contributed by atoms with Crippen molar-refractivity contribution < 1.29 is 5.21 Å². The van der Waals surface area contributed by atoms with Crippen molar-refractivity contribution in [1.82, 2.24) is 19.5 Å². The quantitative estimate of drug-likeness (QED) is 0.262. The van der Waals surface area contributed by atoms with E-state index in [4.69, 9.17) is 0 Å². The zero-order valence-corrected chi connectivity index (χ0v) is 14.8. The monoisotopic (exact) mass is 409 g/mol. The molecule has 1 aromatic carbocycles. The highest BCUT2D eigenvalue weighted by atomic mass is 79.9. The molecule has 2 aromatic heterocycles. The van der Waals surface area contributed by atoms with Crippen LogP contribution in [0.4, 0.5) is 0 Å². The minimum absolute atomic E-state index is 0.205. The van der Waals surface area contributed by atoms with Crippen molar-refractivity contribution in [3.63, 3.8) is 0 Å². The first-order valence-corrected chi connectivity index (χ1v) is 8.56. The van der Waals surface area contributed by atoms with Gasteiger partial charge in [-0.3, -0.25) is 14.3 Å². The molecule has 0 atom stereocenters. The second kappa shape index (κ2) is 6.65. The lowest BCUT2D eigenvalue weighted by molar-refractivity contribution is 0.319. The van der Waals surface area contributed by atoms with Crippen molar-refractivity contribution in [1.29, 1.82) is 0 Å². The smallest absolute Gasteiger partial charge is 0.329 e.